The molecular weight excluding hydrogens is 229 g/mol. The van der Waals surface area contributed by atoms with Crippen LogP contribution in [-0.4, -0.2) is 0 Å². The normalized spacial score (nSPS) is 12.3. The predicted octanol–water partition coefficient (Wildman–Crippen LogP) is 3.92. The van der Waals surface area contributed by atoms with Crippen molar-refractivity contribution in [3.8, 4) is 0 Å². The zero-order valence-electron chi connectivity index (χ0n) is 6.88. The topological polar surface area (TPSA) is 0 Å². The Morgan fingerprint density at radius 3 is 1.93 bits per heavy atom. The van der Waals surface area contributed by atoms with Crippen LogP contribution in [0.4, 0.5) is 30.7 Å². The molecule has 1 rings (SSSR count). The van der Waals surface area contributed by atoms with Crippen LogP contribution in [0.25, 0.3) is 0 Å². The molecule has 0 atom stereocenters. The molecule has 0 saturated heterocycles. The minimum atomic E-state index is -5.27. The summed E-state index contributed by atoms with van der Waals surface area (Å²) in [6.45, 7) is 0. The first kappa shape index (κ1) is 11.8. The summed E-state index contributed by atoms with van der Waals surface area (Å²) in [7, 11) is 0. The predicted molar refractivity (Wildman–Crippen MR) is 36.3 cm³/mol. The van der Waals surface area contributed by atoms with E-state index in [-0.39, 0.29) is 12.1 Å². The van der Waals surface area contributed by atoms with Gasteiger partial charge in [-0.3, -0.25) is 0 Å². The van der Waals surface area contributed by atoms with Gasteiger partial charge in [0.1, 0.15) is 17.2 Å². The van der Waals surface area contributed by atoms with Gasteiger partial charge < -0.3 is 0 Å². The van der Waals surface area contributed by atoms with E-state index in [9.17, 15) is 30.7 Å². The largest absolute Gasteiger partial charge is 0.419 e. The van der Waals surface area contributed by atoms with Crippen molar-refractivity contribution in [3.63, 3.8) is 0 Å². The fraction of sp³-hybridized carbons (Fsp3) is 0.250. The van der Waals surface area contributed by atoms with Gasteiger partial charge in [-0.15, -0.1) is 0 Å². The number of halogens is 7. The van der Waals surface area contributed by atoms with Crippen LogP contribution in [0, 0.1) is 11.6 Å². The van der Waals surface area contributed by atoms with Crippen LogP contribution in [0.5, 0.6) is 0 Å². The molecule has 1 aromatic rings. The quantitative estimate of drug-likeness (QED) is 0.643. The maximum atomic E-state index is 12.7. The third-order valence-electron chi connectivity index (χ3n) is 1.60. The van der Waals surface area contributed by atoms with Gasteiger partial charge in [-0.05, 0) is 6.07 Å². The van der Waals surface area contributed by atoms with Crippen molar-refractivity contribution in [2.75, 3.05) is 0 Å². The van der Waals surface area contributed by atoms with Crippen LogP contribution in [0.1, 0.15) is 17.6 Å². The number of benzene rings is 1. The zero-order chi connectivity index (χ0) is 11.8. The summed E-state index contributed by atoms with van der Waals surface area (Å²) in [5.41, 5.74) is -3.82. The second kappa shape index (κ2) is 3.71. The van der Waals surface area contributed by atoms with E-state index in [1.807, 2.05) is 0 Å². The van der Waals surface area contributed by atoms with Crippen molar-refractivity contribution in [1.29, 1.82) is 0 Å². The van der Waals surface area contributed by atoms with Crippen molar-refractivity contribution in [2.24, 2.45) is 0 Å². The highest BCUT2D eigenvalue weighted by Gasteiger charge is 2.39. The van der Waals surface area contributed by atoms with Gasteiger partial charge in [0.2, 0.25) is 0 Å². The van der Waals surface area contributed by atoms with Crippen LogP contribution >= 0.6 is 0 Å². The van der Waals surface area contributed by atoms with E-state index in [0.717, 1.165) is 0 Å². The summed E-state index contributed by atoms with van der Waals surface area (Å²) < 4.78 is 85.6. The number of rotatable bonds is 1. The number of hydrogen-bond donors (Lipinski definition) is 0. The third kappa shape index (κ3) is 2.40. The molecule has 0 unspecified atom stereocenters. The molecule has 15 heavy (non-hydrogen) atoms. The van der Waals surface area contributed by atoms with Gasteiger partial charge in [-0.2, -0.15) is 13.2 Å². The Labute approximate surface area is 79.3 Å². The van der Waals surface area contributed by atoms with E-state index in [4.69, 9.17) is 0 Å². The second-order valence-electron chi connectivity index (χ2n) is 2.65. The van der Waals surface area contributed by atoms with E-state index in [0.29, 0.717) is 0 Å². The molecular formula is C8H3F7. The Morgan fingerprint density at radius 2 is 1.53 bits per heavy atom. The highest BCUT2D eigenvalue weighted by molar-refractivity contribution is 5.32. The lowest BCUT2D eigenvalue weighted by molar-refractivity contribution is -0.142. The van der Waals surface area contributed by atoms with Gasteiger partial charge in [-0.1, -0.05) is 0 Å². The van der Waals surface area contributed by atoms with Crippen molar-refractivity contribution < 1.29 is 30.7 Å². The van der Waals surface area contributed by atoms with Gasteiger partial charge in [0.15, 0.2) is 0 Å². The van der Waals surface area contributed by atoms with Crippen LogP contribution in [0.15, 0.2) is 12.1 Å². The standard InChI is InChI=1S/C8H3F7/c9-3-1-4(7(11)12)6(5(10)2-3)8(13,14)15/h1-2,7H. The van der Waals surface area contributed by atoms with E-state index in [1.54, 1.807) is 0 Å². The molecule has 0 N–H and O–H groups in total. The van der Waals surface area contributed by atoms with Crippen molar-refractivity contribution in [1.82, 2.24) is 0 Å². The van der Waals surface area contributed by atoms with Gasteiger partial charge in [-0.25, -0.2) is 17.6 Å². The maximum absolute atomic E-state index is 12.7. The summed E-state index contributed by atoms with van der Waals surface area (Å²) in [4.78, 5) is 0. The average molecular weight is 232 g/mol. The summed E-state index contributed by atoms with van der Waals surface area (Å²) in [6, 6.07) is -0.120. The molecule has 0 aliphatic rings. The molecule has 1 aromatic carbocycles. The van der Waals surface area contributed by atoms with Crippen molar-refractivity contribution >= 4 is 0 Å². The molecule has 0 aromatic heterocycles. The third-order valence-corrected chi connectivity index (χ3v) is 1.60. The molecule has 0 aliphatic carbocycles. The van der Waals surface area contributed by atoms with E-state index < -0.39 is 35.4 Å². The van der Waals surface area contributed by atoms with E-state index >= 15 is 0 Å². The van der Waals surface area contributed by atoms with Crippen molar-refractivity contribution in [3.05, 3.63) is 34.9 Å². The molecule has 7 heteroatoms. The van der Waals surface area contributed by atoms with Crippen LogP contribution in [0.2, 0.25) is 0 Å². The lowest BCUT2D eigenvalue weighted by Gasteiger charge is -2.13. The molecule has 84 valence electrons. The van der Waals surface area contributed by atoms with Gasteiger partial charge in [0.25, 0.3) is 6.43 Å². The van der Waals surface area contributed by atoms with Crippen LogP contribution < -0.4 is 0 Å². The number of hydrogen-bond acceptors (Lipinski definition) is 0. The monoisotopic (exact) mass is 232 g/mol. The second-order valence-corrected chi connectivity index (χ2v) is 2.65. The molecule has 0 fully saturated rings. The van der Waals surface area contributed by atoms with Gasteiger partial charge >= 0.3 is 6.18 Å². The first-order valence-corrected chi connectivity index (χ1v) is 3.57. The lowest BCUT2D eigenvalue weighted by Crippen LogP contribution is -2.13. The fourth-order valence-corrected chi connectivity index (χ4v) is 1.06. The smallest absolute Gasteiger partial charge is 0.207 e. The molecule has 0 saturated carbocycles. The Kier molecular flexibility index (Phi) is 2.92. The SMILES string of the molecule is Fc1cc(F)c(C(F)(F)F)c(C(F)F)c1. The minimum absolute atomic E-state index is 0.0312. The summed E-state index contributed by atoms with van der Waals surface area (Å²) in [5, 5.41) is 0. The molecule has 0 spiro atoms. The Bertz CT molecular complexity index is 366. The number of alkyl halides is 5. The highest BCUT2D eigenvalue weighted by Crippen LogP contribution is 2.38. The minimum Gasteiger partial charge on any atom is -0.207 e. The fourth-order valence-electron chi connectivity index (χ4n) is 1.06. The van der Waals surface area contributed by atoms with E-state index in [2.05, 4.69) is 0 Å². The van der Waals surface area contributed by atoms with Gasteiger partial charge in [0, 0.05) is 11.6 Å². The maximum Gasteiger partial charge on any atom is 0.419 e. The first-order valence-electron chi connectivity index (χ1n) is 3.57. The highest BCUT2D eigenvalue weighted by atomic mass is 19.4. The molecule has 0 nitrogen and oxygen atoms in total. The lowest BCUT2D eigenvalue weighted by atomic mass is 10.1. The van der Waals surface area contributed by atoms with Gasteiger partial charge in [0.05, 0.1) is 0 Å². The molecule has 0 radical (unpaired) electrons. The Balaban J connectivity index is 3.48. The summed E-state index contributed by atoms with van der Waals surface area (Å²) in [6.07, 6.45) is -8.87. The van der Waals surface area contributed by atoms with Crippen LogP contribution in [0.3, 0.4) is 0 Å². The molecule has 0 aliphatic heterocycles. The molecule has 0 bridgehead atoms. The Morgan fingerprint density at radius 1 is 1.00 bits per heavy atom. The summed E-state index contributed by atoms with van der Waals surface area (Å²) in [5.74, 6) is -3.52. The van der Waals surface area contributed by atoms with Crippen molar-refractivity contribution in [2.45, 2.75) is 12.6 Å². The zero-order valence-corrected chi connectivity index (χ0v) is 6.88. The Hall–Kier alpha value is -1.27. The molecule has 0 amide bonds. The summed E-state index contributed by atoms with van der Waals surface area (Å²) >= 11 is 0. The van der Waals surface area contributed by atoms with Crippen LogP contribution in [-0.2, 0) is 6.18 Å². The molecule has 0 heterocycles. The average Bonchev–Trinajstić information content (AvgIpc) is 1.99. The van der Waals surface area contributed by atoms with E-state index in [1.165, 1.54) is 0 Å². The first-order chi connectivity index (χ1) is 6.73.